The molecule has 0 atom stereocenters. The number of benzene rings is 6. The van der Waals surface area contributed by atoms with Crippen molar-refractivity contribution in [3.05, 3.63) is 161 Å². The average molecular weight is 931 g/mol. The summed E-state index contributed by atoms with van der Waals surface area (Å²) in [7, 11) is -5.35. The first-order valence-electron chi connectivity index (χ1n) is 20.0. The van der Waals surface area contributed by atoms with Crippen molar-refractivity contribution in [1.29, 1.82) is 0 Å². The fourth-order valence-corrected chi connectivity index (χ4v) is 9.33. The molecule has 2 aromatic heterocycles. The van der Waals surface area contributed by atoms with Gasteiger partial charge >= 0.3 is 11.9 Å². The van der Waals surface area contributed by atoms with Crippen LogP contribution >= 0.6 is 0 Å². The van der Waals surface area contributed by atoms with E-state index in [9.17, 15) is 26.4 Å². The molecular weight excluding hydrogens is 889 g/mol. The maximum atomic E-state index is 13.0. The third-order valence-electron chi connectivity index (χ3n) is 10.7. The number of nitrogen functional groups attached to an aromatic ring is 1. The van der Waals surface area contributed by atoms with Gasteiger partial charge in [0.15, 0.2) is 5.82 Å². The number of carbonyl (C=O) groups excluding carboxylic acids is 2. The van der Waals surface area contributed by atoms with Crippen molar-refractivity contribution < 1.29 is 45.6 Å². The molecule has 6 aromatic carbocycles. The summed E-state index contributed by atoms with van der Waals surface area (Å²) in [6.45, 7) is 3.72. The molecule has 20 heteroatoms. The lowest BCUT2D eigenvalue weighted by Crippen LogP contribution is -2.28. The van der Waals surface area contributed by atoms with E-state index in [4.69, 9.17) is 30.0 Å². The molecule has 0 unspecified atom stereocenters. The molecule has 18 nitrogen and oxygen atoms in total. The van der Waals surface area contributed by atoms with Gasteiger partial charge in [0.05, 0.1) is 76.8 Å². The molecule has 5 N–H and O–H groups in total. The number of aryl methyl sites for hydroxylation is 2. The van der Waals surface area contributed by atoms with E-state index in [0.717, 1.165) is 21.8 Å². The topological polar surface area (TPSA) is 237 Å². The smallest absolute Gasteiger partial charge is 0.357 e. The molecule has 0 aliphatic heterocycles. The average Bonchev–Trinajstić information content (AvgIpc) is 3.86. The Labute approximate surface area is 378 Å². The second kappa shape index (κ2) is 18.4. The standard InChI is InChI=1S/C46H42N8O10S2/c1-28-11-5-9-15-42(28)65(57,58)51-63-45(55)30-17-19-32(40(22-30)61-3)26-53-39-24-37(36(47)21-34(39)25-48-53)49-44-35-13-7-8-14-38(35)54(50-44)27-33-20-18-31(23-41(33)62-4)46(56)64-52-66(59,60)43-16-10-6-12-29(43)2/h5-25,51-52H,26-27,47H2,1-4H3,(H,49,50). The maximum Gasteiger partial charge on any atom is 0.357 e. The van der Waals surface area contributed by atoms with Crippen LogP contribution in [-0.4, -0.2) is 62.6 Å². The van der Waals surface area contributed by atoms with Crippen molar-refractivity contribution in [3.63, 3.8) is 0 Å². The third-order valence-corrected chi connectivity index (χ3v) is 13.3. The number of hydrogen-bond donors (Lipinski definition) is 4. The highest BCUT2D eigenvalue weighted by Crippen LogP contribution is 2.34. The van der Waals surface area contributed by atoms with Gasteiger partial charge in [0.1, 0.15) is 11.5 Å². The van der Waals surface area contributed by atoms with Crippen LogP contribution in [-0.2, 0) is 42.8 Å². The number of aromatic nitrogens is 4. The lowest BCUT2D eigenvalue weighted by molar-refractivity contribution is 0.0400. The Bertz CT molecular complexity index is 3410. The first-order valence-corrected chi connectivity index (χ1v) is 23.0. The number of nitrogens with zero attached hydrogens (tertiary/aromatic N) is 4. The fraction of sp³-hybridized carbons (Fsp3) is 0.130. The number of carbonyl (C=O) groups is 2. The van der Waals surface area contributed by atoms with Crippen molar-refractivity contribution in [2.75, 3.05) is 25.3 Å². The van der Waals surface area contributed by atoms with E-state index in [0.29, 0.717) is 50.9 Å². The highest BCUT2D eigenvalue weighted by atomic mass is 32.2. The Balaban J connectivity index is 0.989. The van der Waals surface area contributed by atoms with E-state index in [1.54, 1.807) is 84.0 Å². The largest absolute Gasteiger partial charge is 0.496 e. The molecule has 0 fully saturated rings. The van der Waals surface area contributed by atoms with Crippen LogP contribution < -0.4 is 30.3 Å². The van der Waals surface area contributed by atoms with Crippen LogP contribution in [0.25, 0.3) is 21.8 Å². The van der Waals surface area contributed by atoms with Gasteiger partial charge in [-0.2, -0.15) is 10.2 Å². The van der Waals surface area contributed by atoms with E-state index >= 15 is 0 Å². The molecule has 0 bridgehead atoms. The zero-order valence-corrected chi connectivity index (χ0v) is 37.4. The molecule has 66 heavy (non-hydrogen) atoms. The zero-order chi connectivity index (χ0) is 46.8. The quantitative estimate of drug-likeness (QED) is 0.0595. The minimum atomic E-state index is -4.13. The van der Waals surface area contributed by atoms with Crippen LogP contribution in [0.3, 0.4) is 0 Å². The van der Waals surface area contributed by atoms with Crippen molar-refractivity contribution in [2.45, 2.75) is 36.7 Å². The Morgan fingerprint density at radius 3 is 1.70 bits per heavy atom. The van der Waals surface area contributed by atoms with Crippen molar-refractivity contribution in [2.24, 2.45) is 0 Å². The molecule has 0 amide bonds. The summed E-state index contributed by atoms with van der Waals surface area (Å²) < 4.78 is 65.9. The van der Waals surface area contributed by atoms with Crippen molar-refractivity contribution >= 4 is 71.0 Å². The van der Waals surface area contributed by atoms with Gasteiger partial charge in [-0.25, -0.2) is 26.4 Å². The monoisotopic (exact) mass is 930 g/mol. The van der Waals surface area contributed by atoms with Crippen molar-refractivity contribution in [3.8, 4) is 11.5 Å². The summed E-state index contributed by atoms with van der Waals surface area (Å²) in [6, 6.07) is 33.1. The van der Waals surface area contributed by atoms with Crippen LogP contribution in [0.2, 0.25) is 0 Å². The van der Waals surface area contributed by atoms with Gasteiger partial charge in [0.2, 0.25) is 0 Å². The zero-order valence-electron chi connectivity index (χ0n) is 35.8. The lowest BCUT2D eigenvalue weighted by atomic mass is 10.1. The number of para-hydroxylation sites is 1. The van der Waals surface area contributed by atoms with E-state index in [1.807, 2.05) is 40.1 Å². The molecule has 0 spiro atoms. The summed E-state index contributed by atoms with van der Waals surface area (Å²) in [6.07, 6.45) is 1.68. The van der Waals surface area contributed by atoms with Gasteiger partial charge in [-0.15, -0.1) is 0 Å². The second-order valence-corrected chi connectivity index (χ2v) is 18.2. The predicted octanol–water partition coefficient (Wildman–Crippen LogP) is 6.54. The fourth-order valence-electron chi connectivity index (χ4n) is 7.28. The van der Waals surface area contributed by atoms with Gasteiger partial charge < -0.3 is 30.2 Å². The number of methoxy groups -OCH3 is 2. The SMILES string of the molecule is COc1cc(C(=O)ONS(=O)(=O)c2ccccc2C)ccc1Cn1ncc2cc(N)c(Nc3nn(Cc4ccc(C(=O)ONS(=O)(=O)c5ccccc5C)cc4OC)c4ccccc34)cc21. The number of nitrogens with two attached hydrogens (primary N) is 1. The van der Waals surface area contributed by atoms with Crippen molar-refractivity contribution in [1.82, 2.24) is 29.3 Å². The van der Waals surface area contributed by atoms with Crippen LogP contribution in [0.4, 0.5) is 17.2 Å². The van der Waals surface area contributed by atoms with E-state index in [-0.39, 0.29) is 34.0 Å². The molecule has 0 aliphatic rings. The van der Waals surface area contributed by atoms with Gasteiger partial charge in [-0.3, -0.25) is 9.36 Å². The van der Waals surface area contributed by atoms with E-state index < -0.39 is 32.0 Å². The molecule has 0 saturated heterocycles. The van der Waals surface area contributed by atoms with Crippen LogP contribution in [0.1, 0.15) is 43.0 Å². The molecular formula is C46H42N8O10S2. The normalized spacial score (nSPS) is 11.7. The Hall–Kier alpha value is -7.78. The van der Waals surface area contributed by atoms with Gasteiger partial charge in [0, 0.05) is 21.9 Å². The molecule has 0 radical (unpaired) electrons. The molecule has 8 rings (SSSR count). The second-order valence-electron chi connectivity index (χ2n) is 15.0. The summed E-state index contributed by atoms with van der Waals surface area (Å²) in [5.74, 6) is -0.666. The number of sulfonamides is 2. The van der Waals surface area contributed by atoms with Gasteiger partial charge in [-0.1, -0.05) is 60.7 Å². The summed E-state index contributed by atoms with van der Waals surface area (Å²) in [5.41, 5.74) is 11.5. The number of ether oxygens (including phenoxy) is 2. The lowest BCUT2D eigenvalue weighted by Gasteiger charge is -2.13. The highest BCUT2D eigenvalue weighted by Gasteiger charge is 2.23. The van der Waals surface area contributed by atoms with E-state index in [1.165, 1.54) is 50.6 Å². The first-order chi connectivity index (χ1) is 31.6. The van der Waals surface area contributed by atoms with E-state index in [2.05, 4.69) is 10.4 Å². The maximum absolute atomic E-state index is 13.0. The van der Waals surface area contributed by atoms with Gasteiger partial charge in [0.25, 0.3) is 20.0 Å². The Morgan fingerprint density at radius 1 is 0.636 bits per heavy atom. The molecule has 0 aliphatic carbocycles. The number of nitrogens with one attached hydrogen (secondary N) is 3. The summed E-state index contributed by atoms with van der Waals surface area (Å²) in [5, 5.41) is 14.4. The predicted molar refractivity (Wildman–Crippen MR) is 245 cm³/mol. The molecule has 338 valence electrons. The summed E-state index contributed by atoms with van der Waals surface area (Å²) >= 11 is 0. The number of hydrogen-bond acceptors (Lipinski definition) is 14. The minimum Gasteiger partial charge on any atom is -0.496 e. The molecule has 0 saturated carbocycles. The minimum absolute atomic E-state index is 0.0173. The number of fused-ring (bicyclic) bond motifs is 2. The summed E-state index contributed by atoms with van der Waals surface area (Å²) in [4.78, 5) is 39.6. The highest BCUT2D eigenvalue weighted by molar-refractivity contribution is 7.89. The molecule has 2 heterocycles. The van der Waals surface area contributed by atoms with Crippen LogP contribution in [0.5, 0.6) is 11.5 Å². The number of rotatable bonds is 16. The third kappa shape index (κ3) is 9.24. The first kappa shape index (κ1) is 44.8. The van der Waals surface area contributed by atoms with Crippen LogP contribution in [0, 0.1) is 13.8 Å². The van der Waals surface area contributed by atoms with Crippen LogP contribution in [0.15, 0.2) is 137 Å². The molecule has 8 aromatic rings. The van der Waals surface area contributed by atoms with Gasteiger partial charge in [-0.05, 0) is 95.4 Å². The Kier molecular flexibility index (Phi) is 12.5. The number of anilines is 3. The Morgan fingerprint density at radius 2 is 1.15 bits per heavy atom.